The van der Waals surface area contributed by atoms with E-state index in [0.29, 0.717) is 11.8 Å². The van der Waals surface area contributed by atoms with E-state index in [1.165, 1.54) is 31.2 Å². The van der Waals surface area contributed by atoms with Crippen molar-refractivity contribution in [3.05, 3.63) is 71.3 Å². The van der Waals surface area contributed by atoms with Crippen LogP contribution in [0.1, 0.15) is 68.9 Å². The quantitative estimate of drug-likeness (QED) is 0.391. The molecule has 0 saturated heterocycles. The summed E-state index contributed by atoms with van der Waals surface area (Å²) in [4.78, 5) is 0. The zero-order chi connectivity index (χ0) is 23.2. The third-order valence-electron chi connectivity index (χ3n) is 8.25. The Labute approximate surface area is 197 Å². The van der Waals surface area contributed by atoms with Gasteiger partial charge in [0, 0.05) is 5.92 Å². The van der Waals surface area contributed by atoms with Crippen molar-refractivity contribution < 1.29 is 13.2 Å². The van der Waals surface area contributed by atoms with Crippen LogP contribution in [0, 0.1) is 36.4 Å². The van der Waals surface area contributed by atoms with Gasteiger partial charge in [-0.05, 0) is 105 Å². The Bertz CT molecular complexity index is 914. The molecule has 178 valence electrons. The van der Waals surface area contributed by atoms with Gasteiger partial charge in [-0.25, -0.2) is 13.2 Å². The maximum Gasteiger partial charge on any atom is 0.127 e. The van der Waals surface area contributed by atoms with Crippen molar-refractivity contribution in [3.63, 3.8) is 0 Å². The van der Waals surface area contributed by atoms with Gasteiger partial charge in [-0.1, -0.05) is 54.8 Å². The molecule has 33 heavy (non-hydrogen) atoms. The molecule has 0 bridgehead atoms. The molecule has 0 nitrogen and oxygen atoms in total. The number of hydrogen-bond donors (Lipinski definition) is 0. The summed E-state index contributed by atoms with van der Waals surface area (Å²) in [6.07, 6.45) is 11.8. The molecule has 2 aliphatic carbocycles. The third kappa shape index (κ3) is 6.31. The first-order valence-electron chi connectivity index (χ1n) is 12.8. The standard InChI is InChI=1S/C30H37F3/c1-21-2-7-25(8-3-21)28-17-16-27(30(33)20-28)11-6-22-4-9-23(10-5-22)24-12-14-26(15-13-24)29(32)18-19-31/h2-3,7-8,16-18,20,22-24,26H,4-6,9-15,19H2,1H3/b29-18-. The van der Waals surface area contributed by atoms with E-state index in [2.05, 4.69) is 19.1 Å². The molecule has 4 rings (SSSR count). The van der Waals surface area contributed by atoms with E-state index in [9.17, 15) is 13.2 Å². The lowest BCUT2D eigenvalue weighted by Crippen LogP contribution is -2.26. The largest absolute Gasteiger partial charge is 0.246 e. The summed E-state index contributed by atoms with van der Waals surface area (Å²) < 4.78 is 41.0. The smallest absolute Gasteiger partial charge is 0.127 e. The molecule has 0 heterocycles. The Morgan fingerprint density at radius 1 is 0.848 bits per heavy atom. The lowest BCUT2D eigenvalue weighted by atomic mass is 9.68. The van der Waals surface area contributed by atoms with Gasteiger partial charge in [0.05, 0.1) is 0 Å². The average molecular weight is 455 g/mol. The molecular formula is C30H37F3. The van der Waals surface area contributed by atoms with Gasteiger partial charge in [0.15, 0.2) is 0 Å². The van der Waals surface area contributed by atoms with E-state index in [-0.39, 0.29) is 17.6 Å². The molecule has 2 aromatic carbocycles. The molecule has 0 atom stereocenters. The summed E-state index contributed by atoms with van der Waals surface area (Å²) >= 11 is 0. The number of rotatable bonds is 7. The lowest BCUT2D eigenvalue weighted by Gasteiger charge is -2.37. The highest BCUT2D eigenvalue weighted by atomic mass is 19.1. The predicted molar refractivity (Wildman–Crippen MR) is 131 cm³/mol. The van der Waals surface area contributed by atoms with E-state index >= 15 is 0 Å². The minimum Gasteiger partial charge on any atom is -0.246 e. The van der Waals surface area contributed by atoms with Crippen molar-refractivity contribution in [2.24, 2.45) is 23.7 Å². The average Bonchev–Trinajstić information content (AvgIpc) is 2.84. The number of benzene rings is 2. The molecule has 0 N–H and O–H groups in total. The van der Waals surface area contributed by atoms with Crippen LogP contribution >= 0.6 is 0 Å². The molecule has 2 aliphatic rings. The second-order valence-electron chi connectivity index (χ2n) is 10.3. The fraction of sp³-hybridized carbons (Fsp3) is 0.533. The first kappa shape index (κ1) is 24.1. The first-order valence-corrected chi connectivity index (χ1v) is 12.8. The second kappa shape index (κ2) is 11.4. The van der Waals surface area contributed by atoms with Crippen LogP contribution in [0.3, 0.4) is 0 Å². The van der Waals surface area contributed by atoms with Crippen LogP contribution in [0.15, 0.2) is 54.4 Å². The molecule has 0 aromatic heterocycles. The van der Waals surface area contributed by atoms with E-state index in [4.69, 9.17) is 0 Å². The fourth-order valence-electron chi connectivity index (χ4n) is 6.09. The minimum absolute atomic E-state index is 0.0550. The van der Waals surface area contributed by atoms with Crippen molar-refractivity contribution >= 4 is 0 Å². The molecule has 2 fully saturated rings. The van der Waals surface area contributed by atoms with Crippen molar-refractivity contribution in [1.29, 1.82) is 0 Å². The number of hydrogen-bond acceptors (Lipinski definition) is 0. The Balaban J connectivity index is 1.22. The second-order valence-corrected chi connectivity index (χ2v) is 10.3. The Hall–Kier alpha value is -2.03. The van der Waals surface area contributed by atoms with Gasteiger partial charge < -0.3 is 0 Å². The summed E-state index contributed by atoms with van der Waals surface area (Å²) in [5.41, 5.74) is 4.03. The van der Waals surface area contributed by atoms with E-state index in [1.807, 2.05) is 24.3 Å². The Morgan fingerprint density at radius 3 is 2.06 bits per heavy atom. The molecule has 2 saturated carbocycles. The van der Waals surface area contributed by atoms with Crippen LogP contribution in [0.2, 0.25) is 0 Å². The zero-order valence-electron chi connectivity index (χ0n) is 19.8. The van der Waals surface area contributed by atoms with Gasteiger partial charge in [0.25, 0.3) is 0 Å². The number of halogens is 3. The third-order valence-corrected chi connectivity index (χ3v) is 8.25. The van der Waals surface area contributed by atoms with Crippen LogP contribution in [-0.2, 0) is 6.42 Å². The van der Waals surface area contributed by atoms with Crippen LogP contribution in [0.4, 0.5) is 13.2 Å². The summed E-state index contributed by atoms with van der Waals surface area (Å²) in [6.45, 7) is 1.36. The van der Waals surface area contributed by atoms with Crippen molar-refractivity contribution in [3.8, 4) is 11.1 Å². The van der Waals surface area contributed by atoms with Gasteiger partial charge >= 0.3 is 0 Å². The van der Waals surface area contributed by atoms with Crippen LogP contribution in [0.25, 0.3) is 11.1 Å². The Morgan fingerprint density at radius 2 is 1.45 bits per heavy atom. The number of allylic oxidation sites excluding steroid dienone is 2. The maximum absolute atomic E-state index is 14.8. The predicted octanol–water partition coefficient (Wildman–Crippen LogP) is 9.17. The molecule has 0 radical (unpaired) electrons. The van der Waals surface area contributed by atoms with Gasteiger partial charge in [0.2, 0.25) is 0 Å². The van der Waals surface area contributed by atoms with Crippen molar-refractivity contribution in [1.82, 2.24) is 0 Å². The van der Waals surface area contributed by atoms with Crippen LogP contribution < -0.4 is 0 Å². The lowest BCUT2D eigenvalue weighted by molar-refractivity contribution is 0.145. The molecule has 3 heteroatoms. The summed E-state index contributed by atoms with van der Waals surface area (Å²) in [6, 6.07) is 13.9. The first-order chi connectivity index (χ1) is 16.0. The molecule has 0 amide bonds. The van der Waals surface area contributed by atoms with E-state index in [1.54, 1.807) is 6.07 Å². The van der Waals surface area contributed by atoms with E-state index < -0.39 is 6.67 Å². The maximum atomic E-state index is 14.8. The van der Waals surface area contributed by atoms with Gasteiger partial charge in [-0.2, -0.15) is 0 Å². The van der Waals surface area contributed by atoms with E-state index in [0.717, 1.165) is 67.2 Å². The zero-order valence-corrected chi connectivity index (χ0v) is 19.8. The molecule has 0 aliphatic heterocycles. The van der Waals surface area contributed by atoms with Crippen molar-refractivity contribution in [2.75, 3.05) is 6.67 Å². The molecule has 2 aromatic rings. The normalized spacial score (nSPS) is 26.4. The van der Waals surface area contributed by atoms with Gasteiger partial charge in [-0.15, -0.1) is 0 Å². The topological polar surface area (TPSA) is 0 Å². The molecule has 0 spiro atoms. The fourth-order valence-corrected chi connectivity index (χ4v) is 6.09. The monoisotopic (exact) mass is 454 g/mol. The number of alkyl halides is 1. The summed E-state index contributed by atoms with van der Waals surface area (Å²) in [7, 11) is 0. The number of aryl methyl sites for hydroxylation is 2. The highest BCUT2D eigenvalue weighted by molar-refractivity contribution is 5.64. The Kier molecular flexibility index (Phi) is 8.33. The highest BCUT2D eigenvalue weighted by Gasteiger charge is 2.32. The van der Waals surface area contributed by atoms with Crippen LogP contribution in [0.5, 0.6) is 0 Å². The van der Waals surface area contributed by atoms with Gasteiger partial charge in [0.1, 0.15) is 18.3 Å². The van der Waals surface area contributed by atoms with Crippen molar-refractivity contribution in [2.45, 2.75) is 71.1 Å². The highest BCUT2D eigenvalue weighted by Crippen LogP contribution is 2.43. The molecule has 0 unspecified atom stereocenters. The van der Waals surface area contributed by atoms with Crippen LogP contribution in [-0.4, -0.2) is 6.67 Å². The summed E-state index contributed by atoms with van der Waals surface area (Å²) in [5, 5.41) is 0. The SMILES string of the molecule is Cc1ccc(-c2ccc(CCC3CCC(C4CCC(/C(F)=C/CF)CC4)CC3)c(F)c2)cc1. The summed E-state index contributed by atoms with van der Waals surface area (Å²) in [5.74, 6) is 1.75. The molecular weight excluding hydrogens is 417 g/mol. The van der Waals surface area contributed by atoms with Gasteiger partial charge in [-0.3, -0.25) is 0 Å². The minimum atomic E-state index is -0.698.